The topological polar surface area (TPSA) is 47.6 Å². The van der Waals surface area contributed by atoms with Crippen LogP contribution in [0.3, 0.4) is 0 Å². The molecule has 0 aliphatic carbocycles. The fraction of sp³-hybridized carbons (Fsp3) is 0.188. The van der Waals surface area contributed by atoms with Crippen molar-refractivity contribution in [2.75, 3.05) is 26.1 Å². The molecule has 2 aromatic rings. The number of halogens is 2. The second kappa shape index (κ2) is 7.38. The van der Waals surface area contributed by atoms with Gasteiger partial charge < -0.3 is 14.8 Å². The maximum Gasteiger partial charge on any atom is 0.181 e. The van der Waals surface area contributed by atoms with E-state index in [1.807, 2.05) is 0 Å². The van der Waals surface area contributed by atoms with Gasteiger partial charge in [0.2, 0.25) is 0 Å². The molecule has 0 saturated carbocycles. The second-order valence-electron chi connectivity index (χ2n) is 4.45. The van der Waals surface area contributed by atoms with Gasteiger partial charge in [-0.1, -0.05) is 29.3 Å². The number of ether oxygens (including phenoxy) is 2. The second-order valence-corrected chi connectivity index (χ2v) is 5.23. The highest BCUT2D eigenvalue weighted by atomic mass is 35.5. The van der Waals surface area contributed by atoms with Gasteiger partial charge in [0.1, 0.15) is 0 Å². The van der Waals surface area contributed by atoms with Gasteiger partial charge in [0.05, 0.1) is 36.5 Å². The molecule has 22 heavy (non-hydrogen) atoms. The molecule has 0 aromatic heterocycles. The van der Waals surface area contributed by atoms with Gasteiger partial charge in [-0.2, -0.15) is 0 Å². The van der Waals surface area contributed by atoms with Crippen molar-refractivity contribution in [2.45, 2.75) is 0 Å². The SMILES string of the molecule is COc1ccc(C(=O)CNc2cccc(Cl)c2Cl)cc1OC. The van der Waals surface area contributed by atoms with Gasteiger partial charge in [-0.05, 0) is 30.3 Å². The molecule has 0 heterocycles. The van der Waals surface area contributed by atoms with Crippen molar-refractivity contribution in [2.24, 2.45) is 0 Å². The molecule has 0 aliphatic rings. The molecule has 6 heteroatoms. The van der Waals surface area contributed by atoms with Gasteiger partial charge in [-0.3, -0.25) is 4.79 Å². The molecular formula is C16H15Cl2NO3. The average molecular weight is 340 g/mol. The summed E-state index contributed by atoms with van der Waals surface area (Å²) in [5, 5.41) is 3.81. The van der Waals surface area contributed by atoms with E-state index in [2.05, 4.69) is 5.32 Å². The molecule has 0 unspecified atom stereocenters. The zero-order valence-electron chi connectivity index (χ0n) is 12.2. The van der Waals surface area contributed by atoms with Crippen LogP contribution < -0.4 is 14.8 Å². The fourth-order valence-corrected chi connectivity index (χ4v) is 2.29. The highest BCUT2D eigenvalue weighted by Crippen LogP contribution is 2.30. The van der Waals surface area contributed by atoms with Crippen molar-refractivity contribution in [3.05, 3.63) is 52.0 Å². The van der Waals surface area contributed by atoms with Crippen molar-refractivity contribution in [3.63, 3.8) is 0 Å². The van der Waals surface area contributed by atoms with Gasteiger partial charge in [0.15, 0.2) is 17.3 Å². The lowest BCUT2D eigenvalue weighted by Crippen LogP contribution is -2.14. The standard InChI is InChI=1S/C16H15Cl2NO3/c1-21-14-7-6-10(8-15(14)22-2)13(20)9-19-12-5-3-4-11(17)16(12)18/h3-8,19H,9H2,1-2H3. The molecule has 2 rings (SSSR count). The van der Waals surface area contributed by atoms with Crippen LogP contribution in [-0.4, -0.2) is 26.5 Å². The van der Waals surface area contributed by atoms with Crippen LogP contribution in [0.1, 0.15) is 10.4 Å². The van der Waals surface area contributed by atoms with Gasteiger partial charge in [-0.15, -0.1) is 0 Å². The van der Waals surface area contributed by atoms with Crippen LogP contribution in [-0.2, 0) is 0 Å². The Balaban J connectivity index is 2.11. The molecule has 0 fully saturated rings. The third-order valence-electron chi connectivity index (χ3n) is 3.10. The number of hydrogen-bond acceptors (Lipinski definition) is 4. The van der Waals surface area contributed by atoms with E-state index in [1.165, 1.54) is 7.11 Å². The van der Waals surface area contributed by atoms with Crippen LogP contribution in [0.15, 0.2) is 36.4 Å². The summed E-state index contributed by atoms with van der Waals surface area (Å²) in [5.74, 6) is 0.982. The van der Waals surface area contributed by atoms with Gasteiger partial charge >= 0.3 is 0 Å². The lowest BCUT2D eigenvalue weighted by molar-refractivity contribution is 0.101. The van der Waals surface area contributed by atoms with Crippen molar-refractivity contribution in [1.29, 1.82) is 0 Å². The third kappa shape index (κ3) is 3.64. The number of nitrogens with one attached hydrogen (secondary N) is 1. The number of methoxy groups -OCH3 is 2. The summed E-state index contributed by atoms with van der Waals surface area (Å²) in [4.78, 5) is 12.2. The summed E-state index contributed by atoms with van der Waals surface area (Å²) in [6, 6.07) is 10.2. The maximum atomic E-state index is 12.2. The summed E-state index contributed by atoms with van der Waals surface area (Å²) in [6.45, 7) is 0.0928. The summed E-state index contributed by atoms with van der Waals surface area (Å²) in [7, 11) is 3.07. The minimum atomic E-state index is -0.100. The molecule has 116 valence electrons. The van der Waals surface area contributed by atoms with Gasteiger partial charge in [-0.25, -0.2) is 0 Å². The highest BCUT2D eigenvalue weighted by molar-refractivity contribution is 6.43. The Bertz CT molecular complexity index is 689. The van der Waals surface area contributed by atoms with E-state index in [0.717, 1.165) is 0 Å². The third-order valence-corrected chi connectivity index (χ3v) is 3.92. The molecule has 0 aliphatic heterocycles. The summed E-state index contributed by atoms with van der Waals surface area (Å²) >= 11 is 12.0. The molecule has 0 atom stereocenters. The Kier molecular flexibility index (Phi) is 5.52. The van der Waals surface area contributed by atoms with E-state index < -0.39 is 0 Å². The number of rotatable bonds is 6. The maximum absolute atomic E-state index is 12.2. The van der Waals surface area contributed by atoms with Crippen LogP contribution in [0.2, 0.25) is 10.0 Å². The van der Waals surface area contributed by atoms with Crippen molar-refractivity contribution >= 4 is 34.7 Å². The minimum Gasteiger partial charge on any atom is -0.493 e. The Labute approximate surface area is 138 Å². The summed E-state index contributed by atoms with van der Waals surface area (Å²) < 4.78 is 10.3. The van der Waals surface area contributed by atoms with Crippen LogP contribution >= 0.6 is 23.2 Å². The summed E-state index contributed by atoms with van der Waals surface area (Å²) in [6.07, 6.45) is 0. The van der Waals surface area contributed by atoms with E-state index >= 15 is 0 Å². The average Bonchev–Trinajstić information content (AvgIpc) is 2.55. The molecule has 2 aromatic carbocycles. The monoisotopic (exact) mass is 339 g/mol. The Morgan fingerprint density at radius 2 is 1.82 bits per heavy atom. The van der Waals surface area contributed by atoms with Crippen LogP contribution in [0.4, 0.5) is 5.69 Å². The van der Waals surface area contributed by atoms with Crippen LogP contribution in [0.25, 0.3) is 0 Å². The zero-order valence-corrected chi connectivity index (χ0v) is 13.7. The number of Topliss-reactive ketones (excluding diaryl/α,β-unsaturated/α-hetero) is 1. The van der Waals surface area contributed by atoms with Crippen molar-refractivity contribution < 1.29 is 14.3 Å². The minimum absolute atomic E-state index is 0.0928. The van der Waals surface area contributed by atoms with Crippen LogP contribution in [0.5, 0.6) is 11.5 Å². The Morgan fingerprint density at radius 3 is 2.50 bits per heavy atom. The molecule has 4 nitrogen and oxygen atoms in total. The van der Waals surface area contributed by atoms with Gasteiger partial charge in [0.25, 0.3) is 0 Å². The van der Waals surface area contributed by atoms with Crippen molar-refractivity contribution in [1.82, 2.24) is 0 Å². The van der Waals surface area contributed by atoms with E-state index in [9.17, 15) is 4.79 Å². The lowest BCUT2D eigenvalue weighted by atomic mass is 10.1. The number of anilines is 1. The van der Waals surface area contributed by atoms with Crippen molar-refractivity contribution in [3.8, 4) is 11.5 Å². The molecule has 0 radical (unpaired) electrons. The van der Waals surface area contributed by atoms with Gasteiger partial charge in [0, 0.05) is 5.56 Å². The van der Waals surface area contributed by atoms with E-state index in [-0.39, 0.29) is 12.3 Å². The lowest BCUT2D eigenvalue weighted by Gasteiger charge is -2.11. The number of benzene rings is 2. The van der Waals surface area contributed by atoms with E-state index in [4.69, 9.17) is 32.7 Å². The van der Waals surface area contributed by atoms with E-state index in [1.54, 1.807) is 43.5 Å². The first-order chi connectivity index (χ1) is 10.6. The first-order valence-corrected chi connectivity index (χ1v) is 7.25. The number of hydrogen-bond donors (Lipinski definition) is 1. The van der Waals surface area contributed by atoms with Crippen LogP contribution in [0, 0.1) is 0 Å². The quantitative estimate of drug-likeness (QED) is 0.797. The molecule has 1 N–H and O–H groups in total. The molecule has 0 bridgehead atoms. The molecule has 0 amide bonds. The number of carbonyl (C=O) groups is 1. The number of ketones is 1. The first-order valence-electron chi connectivity index (χ1n) is 6.50. The summed E-state index contributed by atoms with van der Waals surface area (Å²) in [5.41, 5.74) is 1.13. The predicted molar refractivity (Wildman–Crippen MR) is 88.8 cm³/mol. The molecule has 0 saturated heterocycles. The number of carbonyl (C=O) groups excluding carboxylic acids is 1. The molecular weight excluding hydrogens is 325 g/mol. The Morgan fingerprint density at radius 1 is 1.09 bits per heavy atom. The first kappa shape index (κ1) is 16.5. The highest BCUT2D eigenvalue weighted by Gasteiger charge is 2.12. The normalized spacial score (nSPS) is 10.2. The smallest absolute Gasteiger partial charge is 0.181 e. The predicted octanol–water partition coefficient (Wildman–Crippen LogP) is 4.31. The fourth-order valence-electron chi connectivity index (χ4n) is 1.93. The molecule has 0 spiro atoms. The largest absolute Gasteiger partial charge is 0.493 e. The zero-order chi connectivity index (χ0) is 16.1. The Hall–Kier alpha value is -1.91. The van der Waals surface area contributed by atoms with E-state index in [0.29, 0.717) is 32.8 Å².